The molecule has 6 heteroatoms. The molecule has 4 N–H and O–H groups in total. The summed E-state index contributed by atoms with van der Waals surface area (Å²) < 4.78 is 10.8. The Labute approximate surface area is 153 Å². The fourth-order valence-corrected chi connectivity index (χ4v) is 3.14. The summed E-state index contributed by atoms with van der Waals surface area (Å²) in [5.74, 6) is -0.401. The standard InChI is InChI=1S/C19H22N2O3.ClH/c20-9-10-23-18(11-21)19(22)24-12-17-15-7-3-1-5-13(15)14-6-2-4-8-16(14)17;/h1-8,17-18H,9-12,20-21H2;1H. The molecule has 1 aliphatic carbocycles. The molecular weight excluding hydrogens is 340 g/mol. The van der Waals surface area contributed by atoms with Gasteiger partial charge in [0.05, 0.1) is 6.61 Å². The number of esters is 1. The first kappa shape index (κ1) is 19.4. The summed E-state index contributed by atoms with van der Waals surface area (Å²) in [4.78, 5) is 12.2. The first-order chi connectivity index (χ1) is 11.8. The molecule has 0 aromatic heterocycles. The number of hydrogen-bond acceptors (Lipinski definition) is 5. The van der Waals surface area contributed by atoms with Gasteiger partial charge < -0.3 is 20.9 Å². The molecule has 134 valence electrons. The highest BCUT2D eigenvalue weighted by Gasteiger charge is 2.30. The van der Waals surface area contributed by atoms with E-state index in [0.29, 0.717) is 6.54 Å². The first-order valence-corrected chi connectivity index (χ1v) is 8.13. The van der Waals surface area contributed by atoms with Crippen LogP contribution in [0.25, 0.3) is 11.1 Å². The summed E-state index contributed by atoms with van der Waals surface area (Å²) in [6.07, 6.45) is -0.763. The molecule has 0 fully saturated rings. The van der Waals surface area contributed by atoms with Crippen LogP contribution in [0.5, 0.6) is 0 Å². The van der Waals surface area contributed by atoms with Crippen molar-refractivity contribution in [3.63, 3.8) is 0 Å². The Kier molecular flexibility index (Phi) is 6.96. The van der Waals surface area contributed by atoms with Gasteiger partial charge in [0, 0.05) is 19.0 Å². The number of hydrogen-bond donors (Lipinski definition) is 2. The Morgan fingerprint density at radius 1 is 1.00 bits per heavy atom. The molecule has 2 aromatic rings. The van der Waals surface area contributed by atoms with Crippen LogP contribution in [-0.4, -0.2) is 38.4 Å². The van der Waals surface area contributed by atoms with E-state index in [4.69, 9.17) is 20.9 Å². The predicted octanol–water partition coefficient (Wildman–Crippen LogP) is 2.07. The molecule has 25 heavy (non-hydrogen) atoms. The van der Waals surface area contributed by atoms with Crippen LogP contribution in [0.1, 0.15) is 17.0 Å². The molecule has 1 unspecified atom stereocenters. The quantitative estimate of drug-likeness (QED) is 0.736. The van der Waals surface area contributed by atoms with Crippen molar-refractivity contribution < 1.29 is 14.3 Å². The summed E-state index contributed by atoms with van der Waals surface area (Å²) in [6.45, 7) is 0.977. The topological polar surface area (TPSA) is 87.6 Å². The van der Waals surface area contributed by atoms with Crippen molar-refractivity contribution in [1.29, 1.82) is 0 Å². The van der Waals surface area contributed by atoms with E-state index >= 15 is 0 Å². The highest BCUT2D eigenvalue weighted by molar-refractivity contribution is 5.85. The van der Waals surface area contributed by atoms with Crippen LogP contribution in [-0.2, 0) is 14.3 Å². The van der Waals surface area contributed by atoms with E-state index in [9.17, 15) is 4.79 Å². The van der Waals surface area contributed by atoms with E-state index in [-0.39, 0.29) is 38.1 Å². The molecule has 0 bridgehead atoms. The summed E-state index contributed by atoms with van der Waals surface area (Å²) in [6, 6.07) is 16.4. The van der Waals surface area contributed by atoms with Gasteiger partial charge >= 0.3 is 5.97 Å². The lowest BCUT2D eigenvalue weighted by Gasteiger charge is -2.18. The Morgan fingerprint density at radius 3 is 2.08 bits per heavy atom. The van der Waals surface area contributed by atoms with Gasteiger partial charge in [0.1, 0.15) is 6.61 Å². The van der Waals surface area contributed by atoms with Crippen LogP contribution >= 0.6 is 12.4 Å². The highest BCUT2D eigenvalue weighted by Crippen LogP contribution is 2.44. The SMILES string of the molecule is Cl.NCCOC(CN)C(=O)OCC1c2ccccc2-c2ccccc21. The summed E-state index contributed by atoms with van der Waals surface area (Å²) in [7, 11) is 0. The van der Waals surface area contributed by atoms with Crippen molar-refractivity contribution >= 4 is 18.4 Å². The lowest BCUT2D eigenvalue weighted by atomic mass is 9.98. The summed E-state index contributed by atoms with van der Waals surface area (Å²) in [5.41, 5.74) is 15.7. The number of carbonyl (C=O) groups is 1. The van der Waals surface area contributed by atoms with Gasteiger partial charge in [-0.3, -0.25) is 0 Å². The molecule has 0 radical (unpaired) electrons. The fraction of sp³-hybridized carbons (Fsp3) is 0.316. The van der Waals surface area contributed by atoms with Crippen LogP contribution in [0.2, 0.25) is 0 Å². The number of nitrogens with two attached hydrogens (primary N) is 2. The third kappa shape index (κ3) is 4.02. The number of carbonyl (C=O) groups excluding carboxylic acids is 1. The number of fused-ring (bicyclic) bond motifs is 3. The normalized spacial score (nSPS) is 13.5. The zero-order valence-electron chi connectivity index (χ0n) is 13.9. The molecule has 2 aromatic carbocycles. The summed E-state index contributed by atoms with van der Waals surface area (Å²) in [5, 5.41) is 0. The largest absolute Gasteiger partial charge is 0.463 e. The van der Waals surface area contributed by atoms with E-state index in [1.807, 2.05) is 24.3 Å². The molecule has 3 rings (SSSR count). The van der Waals surface area contributed by atoms with Crippen LogP contribution in [0.3, 0.4) is 0 Å². The molecule has 0 spiro atoms. The van der Waals surface area contributed by atoms with E-state index < -0.39 is 12.1 Å². The van der Waals surface area contributed by atoms with Gasteiger partial charge in [-0.25, -0.2) is 4.79 Å². The zero-order chi connectivity index (χ0) is 16.9. The summed E-state index contributed by atoms with van der Waals surface area (Å²) >= 11 is 0. The highest BCUT2D eigenvalue weighted by atomic mass is 35.5. The fourth-order valence-electron chi connectivity index (χ4n) is 3.14. The van der Waals surface area contributed by atoms with E-state index in [1.54, 1.807) is 0 Å². The van der Waals surface area contributed by atoms with Crippen molar-refractivity contribution in [3.8, 4) is 11.1 Å². The Balaban J connectivity index is 0.00000225. The minimum Gasteiger partial charge on any atom is -0.463 e. The average molecular weight is 363 g/mol. The number of ether oxygens (including phenoxy) is 2. The van der Waals surface area contributed by atoms with Gasteiger partial charge in [-0.2, -0.15) is 0 Å². The van der Waals surface area contributed by atoms with Crippen molar-refractivity contribution in [2.75, 3.05) is 26.3 Å². The first-order valence-electron chi connectivity index (χ1n) is 8.13. The molecule has 0 amide bonds. The Bertz CT molecular complexity index is 678. The van der Waals surface area contributed by atoms with Crippen molar-refractivity contribution in [3.05, 3.63) is 59.7 Å². The maximum absolute atomic E-state index is 12.2. The maximum Gasteiger partial charge on any atom is 0.336 e. The van der Waals surface area contributed by atoms with Gasteiger partial charge in [-0.1, -0.05) is 48.5 Å². The van der Waals surface area contributed by atoms with Gasteiger partial charge in [-0.15, -0.1) is 12.4 Å². The van der Waals surface area contributed by atoms with Gasteiger partial charge in [0.15, 0.2) is 6.10 Å². The van der Waals surface area contributed by atoms with Crippen molar-refractivity contribution in [1.82, 2.24) is 0 Å². The van der Waals surface area contributed by atoms with E-state index in [0.717, 1.165) is 0 Å². The molecule has 0 heterocycles. The van der Waals surface area contributed by atoms with E-state index in [2.05, 4.69) is 24.3 Å². The van der Waals surface area contributed by atoms with Gasteiger partial charge in [-0.05, 0) is 22.3 Å². The van der Waals surface area contributed by atoms with Crippen LogP contribution in [0.4, 0.5) is 0 Å². The third-order valence-electron chi connectivity index (χ3n) is 4.27. The molecule has 1 aliphatic rings. The van der Waals surface area contributed by atoms with Crippen molar-refractivity contribution in [2.24, 2.45) is 11.5 Å². The third-order valence-corrected chi connectivity index (χ3v) is 4.27. The molecule has 5 nitrogen and oxygen atoms in total. The average Bonchev–Trinajstić information content (AvgIpc) is 2.94. The minimum absolute atomic E-state index is 0. The maximum atomic E-state index is 12.2. The lowest BCUT2D eigenvalue weighted by molar-refractivity contribution is -0.156. The van der Waals surface area contributed by atoms with E-state index in [1.165, 1.54) is 22.3 Å². The van der Waals surface area contributed by atoms with Gasteiger partial charge in [0.25, 0.3) is 0 Å². The number of halogens is 1. The van der Waals surface area contributed by atoms with Crippen LogP contribution < -0.4 is 11.5 Å². The van der Waals surface area contributed by atoms with Crippen LogP contribution in [0.15, 0.2) is 48.5 Å². The second-order valence-electron chi connectivity index (χ2n) is 5.74. The minimum atomic E-state index is -0.763. The van der Waals surface area contributed by atoms with Crippen LogP contribution in [0, 0.1) is 0 Å². The predicted molar refractivity (Wildman–Crippen MR) is 99.8 cm³/mol. The number of benzene rings is 2. The molecular formula is C19H23ClN2O3. The monoisotopic (exact) mass is 362 g/mol. The van der Waals surface area contributed by atoms with Gasteiger partial charge in [0.2, 0.25) is 0 Å². The smallest absolute Gasteiger partial charge is 0.336 e. The molecule has 0 aliphatic heterocycles. The van der Waals surface area contributed by atoms with Crippen molar-refractivity contribution in [2.45, 2.75) is 12.0 Å². The second kappa shape index (κ2) is 8.97. The molecule has 0 saturated heterocycles. The Hall–Kier alpha value is -1.92. The Morgan fingerprint density at radius 2 is 1.56 bits per heavy atom. The molecule has 1 atom stereocenters. The number of rotatable bonds is 7. The zero-order valence-corrected chi connectivity index (χ0v) is 14.7. The second-order valence-corrected chi connectivity index (χ2v) is 5.74. The molecule has 0 saturated carbocycles. The lowest BCUT2D eigenvalue weighted by Crippen LogP contribution is -2.36.